The maximum absolute atomic E-state index is 6.04. The van der Waals surface area contributed by atoms with Crippen molar-refractivity contribution in [2.75, 3.05) is 6.61 Å². The van der Waals surface area contributed by atoms with Crippen molar-refractivity contribution in [1.29, 1.82) is 0 Å². The number of hydrogen-bond donors (Lipinski definition) is 0. The number of rotatable bonds is 5. The van der Waals surface area contributed by atoms with Gasteiger partial charge in [0.2, 0.25) is 5.90 Å². The number of ether oxygens (including phenoxy) is 1. The molecular formula is C24H24NOP. The van der Waals surface area contributed by atoms with E-state index in [0.29, 0.717) is 12.5 Å². The van der Waals surface area contributed by atoms with Crippen LogP contribution in [0.1, 0.15) is 19.4 Å². The lowest BCUT2D eigenvalue weighted by molar-refractivity contribution is 0.292. The van der Waals surface area contributed by atoms with E-state index in [4.69, 9.17) is 9.73 Å². The average molecular weight is 373 g/mol. The summed E-state index contributed by atoms with van der Waals surface area (Å²) < 4.78 is 6.04. The van der Waals surface area contributed by atoms with Crippen molar-refractivity contribution in [1.82, 2.24) is 0 Å². The average Bonchev–Trinajstić information content (AvgIpc) is 3.21. The molecule has 1 atom stereocenters. The highest BCUT2D eigenvalue weighted by molar-refractivity contribution is 7.80. The van der Waals surface area contributed by atoms with Gasteiger partial charge in [-0.15, -0.1) is 0 Å². The second-order valence-electron chi connectivity index (χ2n) is 7.08. The van der Waals surface area contributed by atoms with Crippen molar-refractivity contribution in [2.45, 2.75) is 19.9 Å². The second kappa shape index (κ2) is 8.06. The number of benzene rings is 3. The first-order valence-corrected chi connectivity index (χ1v) is 10.8. The Morgan fingerprint density at radius 2 is 1.37 bits per heavy atom. The van der Waals surface area contributed by atoms with E-state index < -0.39 is 7.92 Å². The molecule has 0 saturated heterocycles. The molecule has 0 saturated carbocycles. The van der Waals surface area contributed by atoms with Crippen LogP contribution in [-0.2, 0) is 4.74 Å². The zero-order chi connectivity index (χ0) is 18.6. The summed E-state index contributed by atoms with van der Waals surface area (Å²) in [6, 6.07) is 30.4. The number of aliphatic imine (C=N–C) groups is 1. The minimum absolute atomic E-state index is 0.243. The molecule has 0 radical (unpaired) electrons. The molecule has 0 spiro atoms. The van der Waals surface area contributed by atoms with Gasteiger partial charge in [-0.25, -0.2) is 4.99 Å². The Morgan fingerprint density at radius 1 is 0.815 bits per heavy atom. The van der Waals surface area contributed by atoms with Crippen LogP contribution in [0.5, 0.6) is 0 Å². The molecule has 1 aliphatic rings. The number of hydrogen-bond acceptors (Lipinski definition) is 2. The molecule has 0 N–H and O–H groups in total. The molecule has 1 heterocycles. The zero-order valence-corrected chi connectivity index (χ0v) is 16.6. The van der Waals surface area contributed by atoms with Crippen LogP contribution in [0.3, 0.4) is 0 Å². The lowest BCUT2D eigenvalue weighted by Gasteiger charge is -2.22. The highest BCUT2D eigenvalue weighted by atomic mass is 31.1. The third-order valence-electron chi connectivity index (χ3n) is 4.85. The molecule has 0 amide bonds. The molecule has 27 heavy (non-hydrogen) atoms. The van der Waals surface area contributed by atoms with Gasteiger partial charge in [0.15, 0.2) is 0 Å². The first kappa shape index (κ1) is 17.9. The van der Waals surface area contributed by atoms with E-state index in [9.17, 15) is 0 Å². The summed E-state index contributed by atoms with van der Waals surface area (Å²) in [5, 5.41) is 3.98. The third kappa shape index (κ3) is 3.82. The van der Waals surface area contributed by atoms with Crippen molar-refractivity contribution in [3.63, 3.8) is 0 Å². The predicted octanol–water partition coefficient (Wildman–Crippen LogP) is 4.25. The van der Waals surface area contributed by atoms with Gasteiger partial charge in [0.05, 0.1) is 6.04 Å². The van der Waals surface area contributed by atoms with E-state index >= 15 is 0 Å². The van der Waals surface area contributed by atoms with Crippen LogP contribution in [0.25, 0.3) is 0 Å². The summed E-state index contributed by atoms with van der Waals surface area (Å²) in [5.41, 5.74) is 1.12. The molecule has 3 aromatic rings. The lowest BCUT2D eigenvalue weighted by Crippen LogP contribution is -2.25. The van der Waals surface area contributed by atoms with Crippen LogP contribution in [0, 0.1) is 5.92 Å². The number of nitrogens with zero attached hydrogens (tertiary/aromatic N) is 1. The van der Waals surface area contributed by atoms with E-state index in [1.807, 2.05) is 0 Å². The van der Waals surface area contributed by atoms with Crippen LogP contribution < -0.4 is 15.9 Å². The first-order valence-electron chi connectivity index (χ1n) is 9.44. The topological polar surface area (TPSA) is 21.6 Å². The van der Waals surface area contributed by atoms with Gasteiger partial charge in [-0.1, -0.05) is 92.7 Å². The summed E-state index contributed by atoms with van der Waals surface area (Å²) in [7, 11) is -0.673. The largest absolute Gasteiger partial charge is 0.475 e. The Balaban J connectivity index is 1.84. The molecule has 2 nitrogen and oxygen atoms in total. The minimum atomic E-state index is -0.673. The zero-order valence-electron chi connectivity index (χ0n) is 15.7. The monoisotopic (exact) mass is 373 g/mol. The molecule has 1 aliphatic heterocycles. The maximum Gasteiger partial charge on any atom is 0.217 e. The van der Waals surface area contributed by atoms with Crippen molar-refractivity contribution >= 4 is 29.7 Å². The summed E-state index contributed by atoms with van der Waals surface area (Å²) in [6.45, 7) is 5.08. The minimum Gasteiger partial charge on any atom is -0.475 e. The van der Waals surface area contributed by atoms with Gasteiger partial charge >= 0.3 is 0 Å². The summed E-state index contributed by atoms with van der Waals surface area (Å²) in [4.78, 5) is 4.89. The Labute approximate surface area is 162 Å². The molecule has 0 unspecified atom stereocenters. The van der Waals surface area contributed by atoms with Gasteiger partial charge in [-0.3, -0.25) is 0 Å². The van der Waals surface area contributed by atoms with Crippen LogP contribution in [0.4, 0.5) is 0 Å². The van der Waals surface area contributed by atoms with Crippen molar-refractivity contribution in [3.05, 3.63) is 90.5 Å². The van der Waals surface area contributed by atoms with Gasteiger partial charge in [0.1, 0.15) is 6.61 Å². The lowest BCUT2D eigenvalue weighted by atomic mass is 10.1. The van der Waals surface area contributed by atoms with Gasteiger partial charge in [0, 0.05) is 5.56 Å². The second-order valence-corrected chi connectivity index (χ2v) is 9.27. The maximum atomic E-state index is 6.04. The van der Waals surface area contributed by atoms with E-state index in [-0.39, 0.29) is 6.04 Å². The molecule has 0 aromatic heterocycles. The van der Waals surface area contributed by atoms with Gasteiger partial charge in [-0.2, -0.15) is 0 Å². The Kier molecular flexibility index (Phi) is 5.36. The van der Waals surface area contributed by atoms with Gasteiger partial charge in [-0.05, 0) is 35.8 Å². The van der Waals surface area contributed by atoms with E-state index in [0.717, 1.165) is 11.5 Å². The van der Waals surface area contributed by atoms with Crippen molar-refractivity contribution in [3.8, 4) is 0 Å². The molecule has 4 rings (SSSR count). The van der Waals surface area contributed by atoms with Gasteiger partial charge < -0.3 is 4.74 Å². The van der Waals surface area contributed by atoms with Crippen LogP contribution in [-0.4, -0.2) is 18.5 Å². The van der Waals surface area contributed by atoms with E-state index in [1.54, 1.807) is 0 Å². The molecule has 136 valence electrons. The first-order chi connectivity index (χ1) is 13.2. The van der Waals surface area contributed by atoms with E-state index in [1.165, 1.54) is 15.9 Å². The Morgan fingerprint density at radius 3 is 1.93 bits per heavy atom. The smallest absolute Gasteiger partial charge is 0.217 e. The SMILES string of the molecule is CC(C)[C@@H]1COC(c2ccccc2P(c2ccccc2)c2ccccc2)=N1. The Bertz CT molecular complexity index is 882. The summed E-state index contributed by atoms with van der Waals surface area (Å²) in [6.07, 6.45) is 0. The van der Waals surface area contributed by atoms with Crippen LogP contribution in [0.15, 0.2) is 89.9 Å². The van der Waals surface area contributed by atoms with Gasteiger partial charge in [0.25, 0.3) is 0 Å². The van der Waals surface area contributed by atoms with Crippen molar-refractivity contribution < 1.29 is 4.74 Å². The fourth-order valence-electron chi connectivity index (χ4n) is 3.31. The quantitative estimate of drug-likeness (QED) is 0.613. The van der Waals surface area contributed by atoms with Crippen LogP contribution in [0.2, 0.25) is 0 Å². The highest BCUT2D eigenvalue weighted by Gasteiger charge is 2.27. The van der Waals surface area contributed by atoms with Crippen LogP contribution >= 0.6 is 7.92 Å². The molecule has 0 bridgehead atoms. The fourth-order valence-corrected chi connectivity index (χ4v) is 5.75. The molecule has 0 fully saturated rings. The summed E-state index contributed by atoms with van der Waals surface area (Å²) in [5.74, 6) is 1.28. The molecule has 3 aromatic carbocycles. The molecule has 0 aliphatic carbocycles. The summed E-state index contributed by atoms with van der Waals surface area (Å²) >= 11 is 0. The molecular weight excluding hydrogens is 349 g/mol. The predicted molar refractivity (Wildman–Crippen MR) is 116 cm³/mol. The highest BCUT2D eigenvalue weighted by Crippen LogP contribution is 2.34. The fraction of sp³-hybridized carbons (Fsp3) is 0.208. The van der Waals surface area contributed by atoms with E-state index in [2.05, 4.69) is 98.8 Å². The molecule has 3 heteroatoms. The normalized spacial score (nSPS) is 16.4. The van der Waals surface area contributed by atoms with Crippen molar-refractivity contribution in [2.24, 2.45) is 10.9 Å². The Hall–Kier alpha value is -2.44. The third-order valence-corrected chi connectivity index (χ3v) is 7.35. The standard InChI is InChI=1S/C24H24NOP/c1-18(2)22-17-26-24(25-22)21-15-9-10-16-23(21)27(19-11-5-3-6-12-19)20-13-7-4-8-14-20/h3-16,18,22H,17H2,1-2H3/t22-/m0/s1.